The Morgan fingerprint density at radius 2 is 2.20 bits per heavy atom. The lowest BCUT2D eigenvalue weighted by molar-refractivity contribution is 0.141. The van der Waals surface area contributed by atoms with Gasteiger partial charge in [-0.15, -0.1) is 0 Å². The van der Waals surface area contributed by atoms with Gasteiger partial charge < -0.3 is 4.84 Å². The molecule has 3 heteroatoms. The lowest BCUT2D eigenvalue weighted by Gasteiger charge is -2.12. The van der Waals surface area contributed by atoms with Crippen LogP contribution in [-0.2, 0) is 11.3 Å². The van der Waals surface area contributed by atoms with Crippen LogP contribution in [0.5, 0.6) is 0 Å². The van der Waals surface area contributed by atoms with Crippen LogP contribution >= 0.6 is 11.6 Å². The Hall–Kier alpha value is -0.570. The Bertz CT molecular complexity index is 314. The summed E-state index contributed by atoms with van der Waals surface area (Å²) >= 11 is 6.21. The molecule has 0 aromatic heterocycles. The van der Waals surface area contributed by atoms with Gasteiger partial charge in [0.1, 0.15) is 0 Å². The number of nitrogens with two attached hydrogens (primary N) is 1. The van der Waals surface area contributed by atoms with E-state index in [4.69, 9.17) is 17.5 Å². The van der Waals surface area contributed by atoms with E-state index in [1.54, 1.807) is 0 Å². The van der Waals surface area contributed by atoms with Gasteiger partial charge in [-0.1, -0.05) is 37.6 Å². The topological polar surface area (TPSA) is 35.2 Å². The Balaban J connectivity index is 2.78. The van der Waals surface area contributed by atoms with Crippen LogP contribution in [0.4, 0.5) is 0 Å². The van der Waals surface area contributed by atoms with Gasteiger partial charge in [-0.3, -0.25) is 0 Å². The van der Waals surface area contributed by atoms with Crippen molar-refractivity contribution >= 4 is 11.6 Å². The van der Waals surface area contributed by atoms with E-state index in [1.807, 2.05) is 6.07 Å². The van der Waals surface area contributed by atoms with E-state index >= 15 is 0 Å². The maximum Gasteiger partial charge on any atom is 0.0719 e. The molecule has 2 nitrogen and oxygen atoms in total. The average molecular weight is 228 g/mol. The minimum Gasteiger partial charge on any atom is -0.304 e. The van der Waals surface area contributed by atoms with Crippen LogP contribution in [0.15, 0.2) is 18.2 Å². The van der Waals surface area contributed by atoms with Crippen molar-refractivity contribution in [2.75, 3.05) is 6.61 Å². The van der Waals surface area contributed by atoms with Gasteiger partial charge in [-0.05, 0) is 36.0 Å². The first kappa shape index (κ1) is 12.5. The Kier molecular flexibility index (Phi) is 5.09. The van der Waals surface area contributed by atoms with Gasteiger partial charge in [0, 0.05) is 5.02 Å². The van der Waals surface area contributed by atoms with Crippen LogP contribution in [-0.4, -0.2) is 6.61 Å². The summed E-state index contributed by atoms with van der Waals surface area (Å²) in [7, 11) is 0. The highest BCUT2D eigenvalue weighted by Crippen LogP contribution is 2.27. The van der Waals surface area contributed by atoms with E-state index < -0.39 is 0 Å². The maximum atomic E-state index is 6.21. The molecule has 84 valence electrons. The average Bonchev–Trinajstić information content (AvgIpc) is 2.25. The van der Waals surface area contributed by atoms with Gasteiger partial charge in [-0.2, -0.15) is 0 Å². The van der Waals surface area contributed by atoms with Gasteiger partial charge in [-0.25, -0.2) is 5.90 Å². The molecule has 0 aliphatic carbocycles. The third-order valence-electron chi connectivity index (χ3n) is 2.72. The highest BCUT2D eigenvalue weighted by molar-refractivity contribution is 6.31. The fourth-order valence-corrected chi connectivity index (χ4v) is 1.91. The molecule has 1 atom stereocenters. The zero-order valence-corrected chi connectivity index (χ0v) is 10.1. The van der Waals surface area contributed by atoms with Gasteiger partial charge in [0.2, 0.25) is 0 Å². The fourth-order valence-electron chi connectivity index (χ4n) is 1.52. The summed E-state index contributed by atoms with van der Waals surface area (Å²) in [6, 6.07) is 6.19. The second-order valence-corrected chi connectivity index (χ2v) is 4.19. The van der Waals surface area contributed by atoms with E-state index in [9.17, 15) is 0 Å². The maximum absolute atomic E-state index is 6.21. The summed E-state index contributed by atoms with van der Waals surface area (Å²) in [4.78, 5) is 4.54. The molecule has 0 saturated carbocycles. The standard InChI is InChI=1S/C12H18ClNO/c1-3-9(2)11-5-4-10(6-7-15-14)8-12(11)13/h4-5,8-9H,3,6-7,14H2,1-2H3. The first-order chi connectivity index (χ1) is 7.19. The minimum absolute atomic E-state index is 0.511. The number of hydrogen-bond donors (Lipinski definition) is 1. The monoisotopic (exact) mass is 227 g/mol. The van der Waals surface area contributed by atoms with E-state index in [0.717, 1.165) is 23.4 Å². The molecule has 0 amide bonds. The molecule has 0 radical (unpaired) electrons. The van der Waals surface area contributed by atoms with Gasteiger partial charge in [0.05, 0.1) is 6.61 Å². The molecule has 0 aliphatic heterocycles. The van der Waals surface area contributed by atoms with Crippen LogP contribution in [0.3, 0.4) is 0 Å². The summed E-state index contributed by atoms with van der Waals surface area (Å²) < 4.78 is 0. The van der Waals surface area contributed by atoms with Gasteiger partial charge >= 0.3 is 0 Å². The smallest absolute Gasteiger partial charge is 0.0719 e. The van der Waals surface area contributed by atoms with Crippen molar-refractivity contribution in [3.05, 3.63) is 34.3 Å². The van der Waals surface area contributed by atoms with Crippen molar-refractivity contribution in [3.63, 3.8) is 0 Å². The van der Waals surface area contributed by atoms with E-state index in [2.05, 4.69) is 30.8 Å². The molecule has 1 aromatic carbocycles. The van der Waals surface area contributed by atoms with Crippen LogP contribution < -0.4 is 5.90 Å². The van der Waals surface area contributed by atoms with E-state index in [-0.39, 0.29) is 0 Å². The molecule has 15 heavy (non-hydrogen) atoms. The van der Waals surface area contributed by atoms with Crippen molar-refractivity contribution in [2.24, 2.45) is 5.90 Å². The first-order valence-corrected chi connectivity index (χ1v) is 5.66. The molecule has 0 aliphatic rings. The number of hydrogen-bond acceptors (Lipinski definition) is 2. The van der Waals surface area contributed by atoms with Crippen molar-refractivity contribution in [3.8, 4) is 0 Å². The molecule has 1 aromatic rings. The Labute approximate surface area is 96.3 Å². The van der Waals surface area contributed by atoms with Crippen LogP contribution in [0.1, 0.15) is 37.3 Å². The molecular formula is C12H18ClNO. The predicted molar refractivity (Wildman–Crippen MR) is 64.0 cm³/mol. The molecule has 0 bridgehead atoms. The third-order valence-corrected chi connectivity index (χ3v) is 3.04. The van der Waals surface area contributed by atoms with Gasteiger partial charge in [0.15, 0.2) is 0 Å². The highest BCUT2D eigenvalue weighted by atomic mass is 35.5. The Morgan fingerprint density at radius 1 is 1.47 bits per heavy atom. The number of rotatable bonds is 5. The van der Waals surface area contributed by atoms with Crippen LogP contribution in [0, 0.1) is 0 Å². The van der Waals surface area contributed by atoms with Crippen LogP contribution in [0.25, 0.3) is 0 Å². The first-order valence-electron chi connectivity index (χ1n) is 5.29. The fraction of sp³-hybridized carbons (Fsp3) is 0.500. The lowest BCUT2D eigenvalue weighted by atomic mass is 9.97. The number of halogens is 1. The summed E-state index contributed by atoms with van der Waals surface area (Å²) in [6.45, 7) is 4.88. The van der Waals surface area contributed by atoms with Crippen molar-refractivity contribution < 1.29 is 4.84 Å². The summed E-state index contributed by atoms with van der Waals surface area (Å²) in [6.07, 6.45) is 1.90. The summed E-state index contributed by atoms with van der Waals surface area (Å²) in [5, 5.41) is 0.846. The van der Waals surface area contributed by atoms with Crippen molar-refractivity contribution in [1.29, 1.82) is 0 Å². The molecular weight excluding hydrogens is 210 g/mol. The van der Waals surface area contributed by atoms with Crippen molar-refractivity contribution in [2.45, 2.75) is 32.6 Å². The molecule has 1 rings (SSSR count). The molecule has 0 spiro atoms. The minimum atomic E-state index is 0.511. The zero-order chi connectivity index (χ0) is 11.3. The SMILES string of the molecule is CCC(C)c1ccc(CCON)cc1Cl. The Morgan fingerprint density at radius 3 is 2.73 bits per heavy atom. The van der Waals surface area contributed by atoms with Crippen molar-refractivity contribution in [1.82, 2.24) is 0 Å². The summed E-state index contributed by atoms with van der Waals surface area (Å²) in [5.74, 6) is 5.49. The third kappa shape index (κ3) is 3.49. The molecule has 1 unspecified atom stereocenters. The highest BCUT2D eigenvalue weighted by Gasteiger charge is 2.08. The number of benzene rings is 1. The van der Waals surface area contributed by atoms with E-state index in [0.29, 0.717) is 12.5 Å². The quantitative estimate of drug-likeness (QED) is 0.784. The summed E-state index contributed by atoms with van der Waals surface area (Å²) in [5.41, 5.74) is 2.38. The molecule has 2 N–H and O–H groups in total. The second kappa shape index (κ2) is 6.11. The molecule has 0 fully saturated rings. The second-order valence-electron chi connectivity index (χ2n) is 3.79. The predicted octanol–water partition coefficient (Wildman–Crippen LogP) is 3.29. The van der Waals surface area contributed by atoms with Gasteiger partial charge in [0.25, 0.3) is 0 Å². The molecule has 0 saturated heterocycles. The normalized spacial score (nSPS) is 12.8. The lowest BCUT2D eigenvalue weighted by Crippen LogP contribution is -2.04. The largest absolute Gasteiger partial charge is 0.304 e. The van der Waals surface area contributed by atoms with Crippen LogP contribution in [0.2, 0.25) is 5.02 Å². The molecule has 0 heterocycles. The zero-order valence-electron chi connectivity index (χ0n) is 9.29. The van der Waals surface area contributed by atoms with E-state index in [1.165, 1.54) is 5.56 Å².